The average molecular weight is 456 g/mol. The predicted molar refractivity (Wildman–Crippen MR) is 99.5 cm³/mol. The first-order valence-electron chi connectivity index (χ1n) is 9.51. The number of hydrogen-bond donors (Lipinski definition) is 1. The highest BCUT2D eigenvalue weighted by Crippen LogP contribution is 2.41. The number of benzene rings is 1. The van der Waals surface area contributed by atoms with Crippen molar-refractivity contribution in [3.63, 3.8) is 0 Å². The minimum Gasteiger partial charge on any atom is -0.379 e. The van der Waals surface area contributed by atoms with Crippen molar-refractivity contribution < 1.29 is 35.9 Å². The SMILES string of the molecule is CSc1cc(C(F)(F)F)cc(C(F)(F)F)c1C(=O)NC1COCCC1N1CCCC1. The Kier molecular flexibility index (Phi) is 6.93. The average Bonchev–Trinajstić information content (AvgIpc) is 3.20. The van der Waals surface area contributed by atoms with Crippen molar-refractivity contribution in [2.24, 2.45) is 0 Å². The van der Waals surface area contributed by atoms with Gasteiger partial charge >= 0.3 is 12.4 Å². The zero-order valence-corrected chi connectivity index (χ0v) is 17.0. The maximum atomic E-state index is 13.6. The molecule has 11 heteroatoms. The fraction of sp³-hybridized carbons (Fsp3) is 0.632. The molecule has 1 N–H and O–H groups in total. The van der Waals surface area contributed by atoms with E-state index in [0.29, 0.717) is 30.9 Å². The molecule has 2 aliphatic heterocycles. The first kappa shape index (κ1) is 23.2. The summed E-state index contributed by atoms with van der Waals surface area (Å²) < 4.78 is 85.5. The van der Waals surface area contributed by atoms with Crippen LogP contribution in [0, 0.1) is 0 Å². The van der Waals surface area contributed by atoms with Crippen molar-refractivity contribution in [1.82, 2.24) is 10.2 Å². The van der Waals surface area contributed by atoms with Gasteiger partial charge < -0.3 is 10.1 Å². The molecule has 1 aromatic carbocycles. The number of ether oxygens (including phenoxy) is 1. The molecule has 2 unspecified atom stereocenters. The van der Waals surface area contributed by atoms with Crippen LogP contribution in [0.1, 0.15) is 40.7 Å². The third-order valence-corrected chi connectivity index (χ3v) is 6.19. The molecule has 4 nitrogen and oxygen atoms in total. The van der Waals surface area contributed by atoms with Gasteiger partial charge in [0.2, 0.25) is 0 Å². The molecule has 2 atom stereocenters. The summed E-state index contributed by atoms with van der Waals surface area (Å²) in [5, 5.41) is 2.61. The number of likely N-dealkylation sites (tertiary alicyclic amines) is 1. The number of amides is 1. The van der Waals surface area contributed by atoms with E-state index in [9.17, 15) is 31.1 Å². The van der Waals surface area contributed by atoms with E-state index in [1.165, 1.54) is 6.26 Å². The lowest BCUT2D eigenvalue weighted by Gasteiger charge is -2.38. The fourth-order valence-corrected chi connectivity index (χ4v) is 4.66. The number of thioether (sulfide) groups is 1. The molecule has 2 saturated heterocycles. The van der Waals surface area contributed by atoms with Crippen LogP contribution in [0.25, 0.3) is 0 Å². The standard InChI is InChI=1S/C19H22F6N2O2S/c1-30-15-9-11(18(20,21)22)8-12(19(23,24)25)16(15)17(28)26-13-10-29-7-4-14(13)27-5-2-3-6-27/h8-9,13-14H,2-7,10H2,1H3,(H,26,28). The lowest BCUT2D eigenvalue weighted by molar-refractivity contribution is -0.143. The Bertz CT molecular complexity index is 778. The summed E-state index contributed by atoms with van der Waals surface area (Å²) in [6.45, 7) is 2.30. The number of hydrogen-bond acceptors (Lipinski definition) is 4. The van der Waals surface area contributed by atoms with Gasteiger partial charge in [-0.05, 0) is 50.7 Å². The summed E-state index contributed by atoms with van der Waals surface area (Å²) in [5.74, 6) is -1.04. The van der Waals surface area contributed by atoms with Gasteiger partial charge in [0.1, 0.15) is 0 Å². The monoisotopic (exact) mass is 456 g/mol. The maximum absolute atomic E-state index is 13.6. The summed E-state index contributed by atoms with van der Waals surface area (Å²) in [7, 11) is 0. The molecule has 0 aromatic heterocycles. The second-order valence-electron chi connectivity index (χ2n) is 7.35. The third-order valence-electron chi connectivity index (χ3n) is 5.43. The number of alkyl halides is 6. The Morgan fingerprint density at radius 3 is 2.37 bits per heavy atom. The van der Waals surface area contributed by atoms with Gasteiger partial charge in [0.25, 0.3) is 5.91 Å². The van der Waals surface area contributed by atoms with Gasteiger partial charge in [-0.15, -0.1) is 11.8 Å². The normalized spacial score (nSPS) is 23.6. The van der Waals surface area contributed by atoms with Crippen molar-refractivity contribution in [2.75, 3.05) is 32.6 Å². The minimum absolute atomic E-state index is 0.00393. The van der Waals surface area contributed by atoms with Gasteiger partial charge in [-0.3, -0.25) is 9.69 Å². The van der Waals surface area contributed by atoms with Crippen LogP contribution in [0.3, 0.4) is 0 Å². The largest absolute Gasteiger partial charge is 0.417 e. The molecular weight excluding hydrogens is 434 g/mol. The number of halogens is 6. The van der Waals surface area contributed by atoms with Crippen molar-refractivity contribution in [2.45, 2.75) is 48.6 Å². The second-order valence-corrected chi connectivity index (χ2v) is 8.20. The Hall–Kier alpha value is -1.46. The minimum atomic E-state index is -5.12. The number of rotatable bonds is 4. The molecule has 2 aliphatic rings. The van der Waals surface area contributed by atoms with E-state index in [-0.39, 0.29) is 23.6 Å². The van der Waals surface area contributed by atoms with Gasteiger partial charge in [0.05, 0.1) is 29.3 Å². The van der Waals surface area contributed by atoms with E-state index in [1.807, 2.05) is 0 Å². The first-order valence-corrected chi connectivity index (χ1v) is 10.7. The number of nitrogens with one attached hydrogen (secondary N) is 1. The molecule has 2 heterocycles. The molecule has 0 saturated carbocycles. The number of carbonyl (C=O) groups excluding carboxylic acids is 1. The summed E-state index contributed by atoms with van der Waals surface area (Å²) in [6, 6.07) is -0.0252. The van der Waals surface area contributed by atoms with Crippen molar-refractivity contribution in [3.8, 4) is 0 Å². The van der Waals surface area contributed by atoms with Crippen molar-refractivity contribution in [3.05, 3.63) is 28.8 Å². The van der Waals surface area contributed by atoms with Crippen LogP contribution in [0.4, 0.5) is 26.3 Å². The van der Waals surface area contributed by atoms with E-state index < -0.39 is 41.0 Å². The summed E-state index contributed by atoms with van der Waals surface area (Å²) in [6.07, 6.45) is -6.10. The first-order chi connectivity index (χ1) is 14.0. The smallest absolute Gasteiger partial charge is 0.379 e. The van der Waals surface area contributed by atoms with E-state index >= 15 is 0 Å². The molecule has 0 aliphatic carbocycles. The predicted octanol–water partition coefficient (Wildman–Crippen LogP) is 4.43. The van der Waals surface area contributed by atoms with Crippen LogP contribution in [-0.2, 0) is 17.1 Å². The lowest BCUT2D eigenvalue weighted by Crippen LogP contribution is -2.56. The van der Waals surface area contributed by atoms with Crippen LogP contribution in [0.5, 0.6) is 0 Å². The summed E-state index contributed by atoms with van der Waals surface area (Å²) >= 11 is 0.670. The van der Waals surface area contributed by atoms with Crippen molar-refractivity contribution in [1.29, 1.82) is 0 Å². The van der Waals surface area contributed by atoms with Crippen LogP contribution < -0.4 is 5.32 Å². The molecular formula is C19H22F6N2O2S. The molecule has 0 spiro atoms. The number of carbonyl (C=O) groups is 1. The molecule has 2 fully saturated rings. The van der Waals surface area contributed by atoms with Crippen LogP contribution in [0.2, 0.25) is 0 Å². The molecule has 0 bridgehead atoms. The zero-order chi connectivity index (χ0) is 22.1. The molecule has 1 amide bonds. The molecule has 1 aromatic rings. The molecule has 30 heavy (non-hydrogen) atoms. The Morgan fingerprint density at radius 2 is 1.80 bits per heavy atom. The number of nitrogens with zero attached hydrogens (tertiary/aromatic N) is 1. The molecule has 0 radical (unpaired) electrons. The highest BCUT2D eigenvalue weighted by Gasteiger charge is 2.42. The maximum Gasteiger partial charge on any atom is 0.417 e. The van der Waals surface area contributed by atoms with E-state index in [4.69, 9.17) is 4.74 Å². The topological polar surface area (TPSA) is 41.6 Å². The molecule has 168 valence electrons. The third kappa shape index (κ3) is 5.05. The van der Waals surface area contributed by atoms with Gasteiger partial charge in [-0.1, -0.05) is 0 Å². The van der Waals surface area contributed by atoms with Gasteiger partial charge in [0, 0.05) is 17.5 Å². The Morgan fingerprint density at radius 1 is 1.13 bits per heavy atom. The van der Waals surface area contributed by atoms with Crippen LogP contribution >= 0.6 is 11.8 Å². The summed E-state index contributed by atoms with van der Waals surface area (Å²) in [4.78, 5) is 14.7. The highest BCUT2D eigenvalue weighted by molar-refractivity contribution is 7.98. The van der Waals surface area contributed by atoms with Crippen LogP contribution in [0.15, 0.2) is 17.0 Å². The second kappa shape index (κ2) is 8.96. The Balaban J connectivity index is 1.95. The Labute approximate surface area is 174 Å². The van der Waals surface area contributed by atoms with Gasteiger partial charge in [-0.25, -0.2) is 0 Å². The lowest BCUT2D eigenvalue weighted by atomic mass is 9.99. The highest BCUT2D eigenvalue weighted by atomic mass is 32.2. The van der Waals surface area contributed by atoms with E-state index in [0.717, 1.165) is 25.9 Å². The quantitative estimate of drug-likeness (QED) is 0.538. The fourth-order valence-electron chi connectivity index (χ4n) is 4.01. The zero-order valence-electron chi connectivity index (χ0n) is 16.2. The van der Waals surface area contributed by atoms with Crippen molar-refractivity contribution >= 4 is 17.7 Å². The molecule has 3 rings (SSSR count). The van der Waals surface area contributed by atoms with Gasteiger partial charge in [-0.2, -0.15) is 26.3 Å². The summed E-state index contributed by atoms with van der Waals surface area (Å²) in [5.41, 5.74) is -3.81. The van der Waals surface area contributed by atoms with Gasteiger partial charge in [0.15, 0.2) is 0 Å². The van der Waals surface area contributed by atoms with E-state index in [2.05, 4.69) is 10.2 Å². The van der Waals surface area contributed by atoms with Crippen LogP contribution in [-0.4, -0.2) is 55.4 Å². The van der Waals surface area contributed by atoms with E-state index in [1.54, 1.807) is 0 Å².